The first-order chi connectivity index (χ1) is 9.58. The van der Waals surface area contributed by atoms with Crippen molar-refractivity contribution in [3.8, 4) is 0 Å². The minimum atomic E-state index is -3.54. The van der Waals surface area contributed by atoms with Gasteiger partial charge in [0, 0.05) is 12.6 Å². The van der Waals surface area contributed by atoms with Gasteiger partial charge in [-0.2, -0.15) is 0 Å². The molecule has 1 amide bonds. The second kappa shape index (κ2) is 6.95. The molecule has 0 aliphatic carbocycles. The van der Waals surface area contributed by atoms with Gasteiger partial charge in [0.15, 0.2) is 0 Å². The van der Waals surface area contributed by atoms with Crippen molar-refractivity contribution in [2.75, 3.05) is 6.26 Å². The zero-order valence-electron chi connectivity index (χ0n) is 12.0. The van der Waals surface area contributed by atoms with E-state index in [1.54, 1.807) is 13.8 Å². The van der Waals surface area contributed by atoms with Crippen LogP contribution >= 0.6 is 0 Å². The Bertz CT molecular complexity index is 598. The fourth-order valence-electron chi connectivity index (χ4n) is 1.74. The summed E-state index contributed by atoms with van der Waals surface area (Å²) in [5.41, 5.74) is 0.253. The molecule has 118 valence electrons. The number of hydrogen-bond donors (Lipinski definition) is 2. The third kappa shape index (κ3) is 6.17. The van der Waals surface area contributed by atoms with Crippen LogP contribution in [0.25, 0.3) is 0 Å². The molecule has 0 radical (unpaired) electrons. The van der Waals surface area contributed by atoms with Crippen molar-refractivity contribution in [3.63, 3.8) is 0 Å². The van der Waals surface area contributed by atoms with Gasteiger partial charge in [-0.15, -0.1) is 0 Å². The van der Waals surface area contributed by atoms with Crippen LogP contribution in [0.1, 0.15) is 19.4 Å². The molecule has 0 aromatic heterocycles. The van der Waals surface area contributed by atoms with Crippen LogP contribution in [0.3, 0.4) is 0 Å². The van der Waals surface area contributed by atoms with E-state index in [4.69, 9.17) is 0 Å². The predicted octanol–water partition coefficient (Wildman–Crippen LogP) is 1.15. The van der Waals surface area contributed by atoms with Gasteiger partial charge in [-0.05, 0) is 23.6 Å². The maximum Gasteiger partial charge on any atom is 0.238 e. The Kier molecular flexibility index (Phi) is 5.79. The van der Waals surface area contributed by atoms with Gasteiger partial charge in [-0.25, -0.2) is 21.9 Å². The van der Waals surface area contributed by atoms with Crippen molar-refractivity contribution in [1.29, 1.82) is 0 Å². The molecule has 0 bridgehead atoms. The smallest absolute Gasteiger partial charge is 0.238 e. The molecule has 0 fully saturated rings. The van der Waals surface area contributed by atoms with Crippen molar-refractivity contribution in [2.45, 2.75) is 26.4 Å². The molecule has 1 atom stereocenters. The summed E-state index contributed by atoms with van der Waals surface area (Å²) in [7, 11) is -3.54. The highest BCUT2D eigenvalue weighted by Crippen LogP contribution is 2.08. The number of amides is 1. The van der Waals surface area contributed by atoms with Gasteiger partial charge in [0.25, 0.3) is 0 Å². The van der Waals surface area contributed by atoms with Crippen LogP contribution in [0.5, 0.6) is 0 Å². The van der Waals surface area contributed by atoms with E-state index in [1.165, 1.54) is 0 Å². The summed E-state index contributed by atoms with van der Waals surface area (Å²) in [5, 5.41) is 2.46. The number of nitrogens with one attached hydrogen (secondary N) is 2. The molecule has 8 heteroatoms. The molecular weight excluding hydrogens is 302 g/mol. The monoisotopic (exact) mass is 320 g/mol. The number of halogens is 2. The van der Waals surface area contributed by atoms with Gasteiger partial charge in [0.1, 0.15) is 17.7 Å². The van der Waals surface area contributed by atoms with Gasteiger partial charge in [-0.1, -0.05) is 13.8 Å². The number of carbonyl (C=O) groups is 1. The Hall–Kier alpha value is -1.54. The van der Waals surface area contributed by atoms with E-state index in [-0.39, 0.29) is 18.0 Å². The number of carbonyl (C=O) groups excluding carboxylic acids is 1. The van der Waals surface area contributed by atoms with Crippen LogP contribution in [0, 0.1) is 17.6 Å². The standard InChI is InChI=1S/C13H18F2N2O3S/c1-8(2)12(17-21(3,19)20)13(18)16-7-9-4-10(14)6-11(15)5-9/h4-6,8,12,17H,7H2,1-3H3,(H,16,18). The van der Waals surface area contributed by atoms with Gasteiger partial charge < -0.3 is 5.32 Å². The van der Waals surface area contributed by atoms with Crippen LogP contribution in [-0.2, 0) is 21.4 Å². The molecule has 1 aromatic rings. The van der Waals surface area contributed by atoms with Crippen molar-refractivity contribution >= 4 is 15.9 Å². The van der Waals surface area contributed by atoms with Crippen LogP contribution in [0.2, 0.25) is 0 Å². The van der Waals surface area contributed by atoms with Crippen molar-refractivity contribution in [3.05, 3.63) is 35.4 Å². The van der Waals surface area contributed by atoms with E-state index in [1.807, 2.05) is 0 Å². The summed E-state index contributed by atoms with van der Waals surface area (Å²) in [6, 6.07) is 1.97. The average Bonchev–Trinajstić information content (AvgIpc) is 2.30. The van der Waals surface area contributed by atoms with Crippen LogP contribution in [0.4, 0.5) is 8.78 Å². The number of hydrogen-bond acceptors (Lipinski definition) is 3. The summed E-state index contributed by atoms with van der Waals surface area (Å²) < 4.78 is 50.7. The fourth-order valence-corrected chi connectivity index (χ4v) is 2.58. The van der Waals surface area contributed by atoms with Crippen molar-refractivity contribution in [2.24, 2.45) is 5.92 Å². The van der Waals surface area contributed by atoms with E-state index < -0.39 is 33.6 Å². The lowest BCUT2D eigenvalue weighted by atomic mass is 10.0. The second-order valence-corrected chi connectivity index (χ2v) is 6.89. The molecule has 0 aliphatic rings. The fraction of sp³-hybridized carbons (Fsp3) is 0.462. The minimum Gasteiger partial charge on any atom is -0.351 e. The zero-order valence-corrected chi connectivity index (χ0v) is 12.8. The highest BCUT2D eigenvalue weighted by atomic mass is 32.2. The Morgan fingerprint density at radius 2 is 1.71 bits per heavy atom. The molecule has 0 heterocycles. The molecule has 0 spiro atoms. The molecule has 1 rings (SSSR count). The van der Waals surface area contributed by atoms with Gasteiger partial charge >= 0.3 is 0 Å². The Morgan fingerprint density at radius 1 is 1.19 bits per heavy atom. The molecule has 0 aliphatic heterocycles. The predicted molar refractivity (Wildman–Crippen MR) is 74.8 cm³/mol. The van der Waals surface area contributed by atoms with Crippen LogP contribution in [-0.4, -0.2) is 26.6 Å². The van der Waals surface area contributed by atoms with E-state index in [0.29, 0.717) is 0 Å². The van der Waals surface area contributed by atoms with E-state index in [9.17, 15) is 22.0 Å². The highest BCUT2D eigenvalue weighted by molar-refractivity contribution is 7.88. The Balaban J connectivity index is 2.74. The van der Waals surface area contributed by atoms with Crippen molar-refractivity contribution in [1.82, 2.24) is 10.0 Å². The minimum absolute atomic E-state index is 0.0951. The van der Waals surface area contributed by atoms with Gasteiger partial charge in [-0.3, -0.25) is 4.79 Å². The molecule has 1 aromatic carbocycles. The average molecular weight is 320 g/mol. The molecule has 1 unspecified atom stereocenters. The topological polar surface area (TPSA) is 75.3 Å². The first-order valence-electron chi connectivity index (χ1n) is 6.28. The summed E-state index contributed by atoms with van der Waals surface area (Å²) in [6.45, 7) is 3.27. The zero-order chi connectivity index (χ0) is 16.2. The summed E-state index contributed by atoms with van der Waals surface area (Å²) in [6.07, 6.45) is 0.956. The Morgan fingerprint density at radius 3 is 2.14 bits per heavy atom. The molecule has 2 N–H and O–H groups in total. The third-order valence-corrected chi connectivity index (χ3v) is 3.36. The van der Waals surface area contributed by atoms with Gasteiger partial charge in [0.2, 0.25) is 15.9 Å². The van der Waals surface area contributed by atoms with E-state index in [2.05, 4.69) is 10.0 Å². The first-order valence-corrected chi connectivity index (χ1v) is 8.17. The lowest BCUT2D eigenvalue weighted by molar-refractivity contribution is -0.123. The molecule has 0 saturated heterocycles. The molecule has 5 nitrogen and oxygen atoms in total. The van der Waals surface area contributed by atoms with Crippen molar-refractivity contribution < 1.29 is 22.0 Å². The molecule has 0 saturated carbocycles. The van der Waals surface area contributed by atoms with E-state index in [0.717, 1.165) is 24.5 Å². The molecular formula is C13H18F2N2O3S. The number of rotatable bonds is 6. The summed E-state index contributed by atoms with van der Waals surface area (Å²) in [5.74, 6) is -2.31. The maximum absolute atomic E-state index is 13.0. The van der Waals surface area contributed by atoms with E-state index >= 15 is 0 Å². The SMILES string of the molecule is CC(C)C(NS(C)(=O)=O)C(=O)NCc1cc(F)cc(F)c1. The highest BCUT2D eigenvalue weighted by Gasteiger charge is 2.25. The lowest BCUT2D eigenvalue weighted by Gasteiger charge is -2.20. The van der Waals surface area contributed by atoms with Crippen LogP contribution < -0.4 is 10.0 Å². The number of benzene rings is 1. The maximum atomic E-state index is 13.0. The molecule has 21 heavy (non-hydrogen) atoms. The summed E-state index contributed by atoms with van der Waals surface area (Å²) in [4.78, 5) is 12.0. The van der Waals surface area contributed by atoms with Gasteiger partial charge in [0.05, 0.1) is 6.26 Å². The van der Waals surface area contributed by atoms with Crippen LogP contribution in [0.15, 0.2) is 18.2 Å². The quantitative estimate of drug-likeness (QED) is 0.826. The lowest BCUT2D eigenvalue weighted by Crippen LogP contribution is -2.49. The largest absolute Gasteiger partial charge is 0.351 e. The third-order valence-electron chi connectivity index (χ3n) is 2.68. The normalized spacial score (nSPS) is 13.2. The Labute approximate surface area is 122 Å². The number of sulfonamides is 1. The second-order valence-electron chi connectivity index (χ2n) is 5.11. The first kappa shape index (κ1) is 17.5. The summed E-state index contributed by atoms with van der Waals surface area (Å²) >= 11 is 0.